The van der Waals surface area contributed by atoms with Crippen molar-refractivity contribution in [2.45, 2.75) is 4.90 Å². The molecule has 0 atom stereocenters. The molecule has 0 aromatic heterocycles. The van der Waals surface area contributed by atoms with Crippen molar-refractivity contribution in [3.05, 3.63) is 101 Å². The summed E-state index contributed by atoms with van der Waals surface area (Å²) in [5, 5.41) is 2.77. The summed E-state index contributed by atoms with van der Waals surface area (Å²) >= 11 is 0. The number of carbonyl (C=O) groups excluding carboxylic acids is 2. The van der Waals surface area contributed by atoms with Gasteiger partial charge in [-0.2, -0.15) is 0 Å². The summed E-state index contributed by atoms with van der Waals surface area (Å²) in [6, 6.07) is 21.2. The van der Waals surface area contributed by atoms with Crippen molar-refractivity contribution < 1.29 is 22.7 Å². The number of hydrogen-bond acceptors (Lipinski definition) is 5. The largest absolute Gasteiger partial charge is 0.496 e. The van der Waals surface area contributed by atoms with E-state index in [1.54, 1.807) is 72.8 Å². The first-order valence-corrected chi connectivity index (χ1v) is 11.2. The third-order valence-electron chi connectivity index (χ3n) is 5.19. The van der Waals surface area contributed by atoms with E-state index in [0.29, 0.717) is 11.3 Å². The lowest BCUT2D eigenvalue weighted by Gasteiger charge is -2.31. The maximum atomic E-state index is 13.4. The third-order valence-corrected chi connectivity index (χ3v) is 7.00. The Balaban J connectivity index is 1.93. The number of nitrogens with one attached hydrogen (secondary N) is 1. The second-order valence-corrected chi connectivity index (χ2v) is 8.98. The number of likely N-dealkylation sites (N-methyl/N-ethyl adjacent to an activating group) is 1. The monoisotopic (exact) mass is 448 g/mol. The molecule has 1 aliphatic heterocycles. The first kappa shape index (κ1) is 21.3. The summed E-state index contributed by atoms with van der Waals surface area (Å²) in [6.07, 6.45) is 0. The SMILES string of the molecule is COc1ccccc1C(=O)NC1=C(C(=O)c2ccccc2)N(C)S(=O)(=O)c2ccccc21. The fraction of sp³-hybridized carbons (Fsp3) is 0.0833. The van der Waals surface area contributed by atoms with Gasteiger partial charge in [0.25, 0.3) is 15.9 Å². The maximum Gasteiger partial charge on any atom is 0.264 e. The number of ether oxygens (including phenoxy) is 1. The van der Waals surface area contributed by atoms with Crippen LogP contribution in [0.25, 0.3) is 5.70 Å². The van der Waals surface area contributed by atoms with Gasteiger partial charge in [-0.1, -0.05) is 60.7 Å². The molecule has 32 heavy (non-hydrogen) atoms. The van der Waals surface area contributed by atoms with Crippen molar-refractivity contribution in [2.24, 2.45) is 0 Å². The molecule has 3 aromatic carbocycles. The molecule has 3 aromatic rings. The van der Waals surface area contributed by atoms with Gasteiger partial charge in [0.15, 0.2) is 0 Å². The number of sulfonamides is 1. The summed E-state index contributed by atoms with van der Waals surface area (Å²) in [7, 11) is -1.24. The highest BCUT2D eigenvalue weighted by Gasteiger charge is 2.38. The molecule has 8 heteroatoms. The topological polar surface area (TPSA) is 92.8 Å². The summed E-state index contributed by atoms with van der Waals surface area (Å²) in [5.41, 5.74) is 0.768. The summed E-state index contributed by atoms with van der Waals surface area (Å²) in [5.74, 6) is -0.702. The lowest BCUT2D eigenvalue weighted by molar-refractivity contribution is 0.0969. The minimum atomic E-state index is -3.99. The van der Waals surface area contributed by atoms with Gasteiger partial charge in [-0.05, 0) is 18.2 Å². The van der Waals surface area contributed by atoms with Gasteiger partial charge in [0.2, 0.25) is 5.78 Å². The minimum absolute atomic E-state index is 0.00226. The quantitative estimate of drug-likeness (QED) is 0.605. The summed E-state index contributed by atoms with van der Waals surface area (Å²) in [4.78, 5) is 26.6. The number of methoxy groups -OCH3 is 1. The molecule has 0 radical (unpaired) electrons. The number of nitrogens with zero attached hydrogens (tertiary/aromatic N) is 1. The normalized spacial score (nSPS) is 14.5. The van der Waals surface area contributed by atoms with Crippen LogP contribution in [0.3, 0.4) is 0 Å². The van der Waals surface area contributed by atoms with Gasteiger partial charge in [-0.25, -0.2) is 8.42 Å². The van der Waals surface area contributed by atoms with Gasteiger partial charge in [0, 0.05) is 18.2 Å². The predicted octanol–water partition coefficient (Wildman–Crippen LogP) is 3.31. The molecule has 0 saturated carbocycles. The third kappa shape index (κ3) is 3.54. The molecule has 1 aliphatic rings. The first-order chi connectivity index (χ1) is 15.4. The van der Waals surface area contributed by atoms with E-state index < -0.39 is 21.7 Å². The molecule has 0 aliphatic carbocycles. The highest BCUT2D eigenvalue weighted by molar-refractivity contribution is 7.89. The number of allylic oxidation sites excluding steroid dienone is 1. The molecular formula is C24H20N2O5S. The Morgan fingerprint density at radius 3 is 2.22 bits per heavy atom. The molecule has 0 fully saturated rings. The number of hydrogen-bond donors (Lipinski definition) is 1. The molecule has 1 heterocycles. The molecule has 0 saturated heterocycles. The Morgan fingerprint density at radius 1 is 0.875 bits per heavy atom. The molecule has 7 nitrogen and oxygen atoms in total. The van der Waals surface area contributed by atoms with Crippen molar-refractivity contribution in [1.29, 1.82) is 0 Å². The lowest BCUT2D eigenvalue weighted by Crippen LogP contribution is -2.39. The van der Waals surface area contributed by atoms with Crippen molar-refractivity contribution in [3.8, 4) is 5.75 Å². The van der Waals surface area contributed by atoms with Crippen molar-refractivity contribution >= 4 is 27.4 Å². The van der Waals surface area contributed by atoms with E-state index >= 15 is 0 Å². The van der Waals surface area contributed by atoms with E-state index in [4.69, 9.17) is 4.74 Å². The Bertz CT molecular complexity index is 1350. The van der Waals surface area contributed by atoms with Crippen LogP contribution >= 0.6 is 0 Å². The van der Waals surface area contributed by atoms with Crippen LogP contribution in [0.2, 0.25) is 0 Å². The average molecular weight is 449 g/mol. The Hall–Kier alpha value is -3.91. The van der Waals surface area contributed by atoms with Crippen LogP contribution in [0.1, 0.15) is 26.3 Å². The van der Waals surface area contributed by atoms with Crippen molar-refractivity contribution in [2.75, 3.05) is 14.2 Å². The number of benzene rings is 3. The van der Waals surface area contributed by atoms with Crippen LogP contribution in [0.5, 0.6) is 5.75 Å². The molecule has 1 N–H and O–H groups in total. The van der Waals surface area contributed by atoms with Crippen molar-refractivity contribution in [3.63, 3.8) is 0 Å². The molecule has 1 amide bonds. The van der Waals surface area contributed by atoms with Crippen LogP contribution in [-0.2, 0) is 10.0 Å². The van der Waals surface area contributed by atoms with Gasteiger partial charge in [0.1, 0.15) is 11.4 Å². The fourth-order valence-electron chi connectivity index (χ4n) is 3.57. The summed E-state index contributed by atoms with van der Waals surface area (Å²) < 4.78 is 32.5. The first-order valence-electron chi connectivity index (χ1n) is 9.73. The van der Waals surface area contributed by atoms with E-state index in [1.807, 2.05) is 0 Å². The van der Waals surface area contributed by atoms with E-state index in [9.17, 15) is 18.0 Å². The smallest absolute Gasteiger partial charge is 0.264 e. The van der Waals surface area contributed by atoms with Gasteiger partial charge in [0.05, 0.1) is 23.3 Å². The molecule has 4 rings (SSSR count). The molecule has 0 bridgehead atoms. The summed E-state index contributed by atoms with van der Waals surface area (Å²) in [6.45, 7) is 0. The zero-order valence-corrected chi connectivity index (χ0v) is 18.2. The zero-order valence-electron chi connectivity index (χ0n) is 17.4. The Morgan fingerprint density at radius 2 is 1.50 bits per heavy atom. The molecule has 162 valence electrons. The highest BCUT2D eigenvalue weighted by atomic mass is 32.2. The number of rotatable bonds is 5. The second kappa shape index (κ2) is 8.32. The van der Waals surface area contributed by atoms with Crippen LogP contribution in [0, 0.1) is 0 Å². The van der Waals surface area contributed by atoms with Gasteiger partial charge in [-0.15, -0.1) is 0 Å². The van der Waals surface area contributed by atoms with E-state index in [-0.39, 0.29) is 27.4 Å². The fourth-order valence-corrected chi connectivity index (χ4v) is 4.98. The minimum Gasteiger partial charge on any atom is -0.496 e. The number of Topliss-reactive ketones (excluding diaryl/α,β-unsaturated/α-hetero) is 1. The van der Waals surface area contributed by atoms with Gasteiger partial charge < -0.3 is 10.1 Å². The van der Waals surface area contributed by atoms with Crippen LogP contribution < -0.4 is 10.1 Å². The number of fused-ring (bicyclic) bond motifs is 1. The average Bonchev–Trinajstić information content (AvgIpc) is 2.83. The Labute approximate surface area is 186 Å². The van der Waals surface area contributed by atoms with Gasteiger partial charge >= 0.3 is 0 Å². The van der Waals surface area contributed by atoms with Gasteiger partial charge in [-0.3, -0.25) is 13.9 Å². The number of ketones is 1. The predicted molar refractivity (Wildman–Crippen MR) is 120 cm³/mol. The second-order valence-electron chi connectivity index (χ2n) is 7.04. The van der Waals surface area contributed by atoms with Crippen LogP contribution in [-0.4, -0.2) is 38.6 Å². The lowest BCUT2D eigenvalue weighted by atomic mass is 10.0. The van der Waals surface area contributed by atoms with Crippen LogP contribution in [0.15, 0.2) is 89.5 Å². The number of carbonyl (C=O) groups is 2. The van der Waals surface area contributed by atoms with E-state index in [0.717, 1.165) is 4.31 Å². The Kier molecular flexibility index (Phi) is 5.54. The van der Waals surface area contributed by atoms with Crippen molar-refractivity contribution in [1.82, 2.24) is 9.62 Å². The maximum absolute atomic E-state index is 13.4. The van der Waals surface area contributed by atoms with E-state index in [2.05, 4.69) is 5.32 Å². The molecule has 0 unspecified atom stereocenters. The van der Waals surface area contributed by atoms with E-state index in [1.165, 1.54) is 20.2 Å². The molecular weight excluding hydrogens is 428 g/mol. The zero-order chi connectivity index (χ0) is 22.9. The number of para-hydroxylation sites is 1. The van der Waals surface area contributed by atoms with Crippen LogP contribution in [0.4, 0.5) is 0 Å². The number of amides is 1. The standard InChI is InChI=1S/C24H20N2O5S/c1-26-22(23(27)16-10-4-3-5-11-16)21(18-13-7-9-15-20(18)32(26,29)30)25-24(28)17-12-6-8-14-19(17)31-2/h3-15H,1-2H3,(H,25,28). The molecule has 0 spiro atoms. The highest BCUT2D eigenvalue weighted by Crippen LogP contribution is 2.36.